The van der Waals surface area contributed by atoms with Gasteiger partial charge in [0, 0.05) is 29.6 Å². The van der Waals surface area contributed by atoms with E-state index in [-0.39, 0.29) is 52.4 Å². The van der Waals surface area contributed by atoms with Gasteiger partial charge in [0.1, 0.15) is 22.9 Å². The summed E-state index contributed by atoms with van der Waals surface area (Å²) in [5.41, 5.74) is -2.00. The van der Waals surface area contributed by atoms with Crippen molar-refractivity contribution >= 4 is 17.7 Å². The summed E-state index contributed by atoms with van der Waals surface area (Å²) >= 11 is 0. The molecule has 0 amide bonds. The lowest BCUT2D eigenvalue weighted by atomic mass is 9.41. The standard InChI is InChI=1S/C24H30O7/c1-20-11-15-24(29-15)17(13(20)4-8-22(20)9-6-16(26)30-22)12(19(27)28-3)10-23-18(31-23)14(25)5-7-21(23,24)2/h12-13,15,17-18H,4-11H2,1-3H3/t12-,13?,15+,17?,18-,20+,21+,22-,23?,24-/m1/s1. The van der Waals surface area contributed by atoms with Gasteiger partial charge < -0.3 is 18.9 Å². The summed E-state index contributed by atoms with van der Waals surface area (Å²) in [5, 5.41) is 0. The van der Waals surface area contributed by atoms with Gasteiger partial charge in [-0.25, -0.2) is 0 Å². The van der Waals surface area contributed by atoms with E-state index < -0.39 is 22.9 Å². The molecule has 3 spiro atoms. The lowest BCUT2D eigenvalue weighted by Crippen LogP contribution is -2.68. The fourth-order valence-corrected chi connectivity index (χ4v) is 9.63. The first kappa shape index (κ1) is 19.0. The monoisotopic (exact) mass is 430 g/mol. The molecule has 0 N–H and O–H groups in total. The third-order valence-electron chi connectivity index (χ3n) is 11.2. The summed E-state index contributed by atoms with van der Waals surface area (Å²) < 4.78 is 24.2. The highest BCUT2D eigenvalue weighted by atomic mass is 16.6. The number of carbonyl (C=O) groups is 3. The van der Waals surface area contributed by atoms with Gasteiger partial charge in [-0.05, 0) is 44.4 Å². The molecule has 7 nitrogen and oxygen atoms in total. The van der Waals surface area contributed by atoms with E-state index in [1.54, 1.807) is 0 Å². The number of epoxide rings is 2. The van der Waals surface area contributed by atoms with Gasteiger partial charge in [0.2, 0.25) is 0 Å². The van der Waals surface area contributed by atoms with Gasteiger partial charge in [0.05, 0.1) is 19.1 Å². The van der Waals surface area contributed by atoms with Crippen LogP contribution in [0.1, 0.15) is 65.2 Å². The molecule has 0 aromatic heterocycles. The SMILES string of the molecule is COC(=O)[C@@H]1CC23O[C@@H]2C(=O)CC[C@]3(C)[C@@]23O[C@H]2C[C@@]2(C)C(CC[C@@]24CCC(=O)O4)C13. The fourth-order valence-electron chi connectivity index (χ4n) is 9.63. The van der Waals surface area contributed by atoms with Crippen molar-refractivity contribution in [2.45, 2.75) is 94.2 Å². The van der Waals surface area contributed by atoms with Crippen LogP contribution in [0.15, 0.2) is 0 Å². The molecule has 0 aromatic rings. The van der Waals surface area contributed by atoms with E-state index >= 15 is 0 Å². The number of ether oxygens (including phenoxy) is 4. The number of Topliss-reactive ketones (excluding diaryl/α,β-unsaturated/α-hetero) is 1. The second-order valence-electron chi connectivity index (χ2n) is 11.7. The van der Waals surface area contributed by atoms with Crippen molar-refractivity contribution in [2.75, 3.05) is 7.11 Å². The lowest BCUT2D eigenvalue weighted by molar-refractivity contribution is -0.184. The molecule has 7 heteroatoms. The van der Waals surface area contributed by atoms with Crippen LogP contribution in [0.2, 0.25) is 0 Å². The first-order valence-electron chi connectivity index (χ1n) is 11.9. The van der Waals surface area contributed by atoms with E-state index in [1.165, 1.54) is 7.11 Å². The predicted octanol–water partition coefficient (Wildman–Crippen LogP) is 2.34. The van der Waals surface area contributed by atoms with Gasteiger partial charge in [-0.1, -0.05) is 13.8 Å². The molecule has 3 saturated heterocycles. The molecule has 3 aliphatic heterocycles. The van der Waals surface area contributed by atoms with Crippen molar-refractivity contribution in [3.8, 4) is 0 Å². The highest BCUT2D eigenvalue weighted by Crippen LogP contribution is 2.82. The zero-order valence-corrected chi connectivity index (χ0v) is 18.4. The first-order chi connectivity index (χ1) is 14.7. The molecule has 7 rings (SSSR count). The molecule has 3 unspecified atom stereocenters. The number of fused-ring (bicyclic) bond motifs is 3. The maximum atomic E-state index is 13.2. The summed E-state index contributed by atoms with van der Waals surface area (Å²) in [4.78, 5) is 37.9. The summed E-state index contributed by atoms with van der Waals surface area (Å²) in [7, 11) is 1.44. The van der Waals surface area contributed by atoms with Gasteiger partial charge in [0.15, 0.2) is 5.78 Å². The normalized spacial score (nSPS) is 60.3. The largest absolute Gasteiger partial charge is 0.469 e. The minimum atomic E-state index is -0.601. The maximum Gasteiger partial charge on any atom is 0.309 e. The number of methoxy groups -OCH3 is 1. The Bertz CT molecular complexity index is 946. The molecule has 4 aliphatic carbocycles. The topological polar surface area (TPSA) is 94.7 Å². The van der Waals surface area contributed by atoms with E-state index in [1.807, 2.05) is 0 Å². The van der Waals surface area contributed by atoms with Crippen molar-refractivity contribution in [2.24, 2.45) is 28.6 Å². The fraction of sp³-hybridized carbons (Fsp3) is 0.875. The zero-order valence-electron chi connectivity index (χ0n) is 18.4. The van der Waals surface area contributed by atoms with E-state index in [0.717, 1.165) is 32.1 Å². The molecule has 168 valence electrons. The zero-order chi connectivity index (χ0) is 21.6. The highest BCUT2D eigenvalue weighted by Gasteiger charge is 2.91. The molecule has 7 fully saturated rings. The van der Waals surface area contributed by atoms with Crippen LogP contribution in [-0.4, -0.2) is 53.8 Å². The van der Waals surface area contributed by atoms with Crippen molar-refractivity contribution in [3.05, 3.63) is 0 Å². The molecule has 4 saturated carbocycles. The number of rotatable bonds is 1. The third-order valence-corrected chi connectivity index (χ3v) is 11.2. The predicted molar refractivity (Wildman–Crippen MR) is 105 cm³/mol. The number of esters is 2. The van der Waals surface area contributed by atoms with E-state index in [4.69, 9.17) is 18.9 Å². The molecule has 3 heterocycles. The molecular weight excluding hydrogens is 400 g/mol. The van der Waals surface area contributed by atoms with E-state index in [2.05, 4.69) is 13.8 Å². The van der Waals surface area contributed by atoms with Crippen molar-refractivity contribution < 1.29 is 33.3 Å². The first-order valence-corrected chi connectivity index (χ1v) is 11.9. The Morgan fingerprint density at radius 2 is 1.87 bits per heavy atom. The van der Waals surface area contributed by atoms with Crippen LogP contribution in [-0.2, 0) is 33.3 Å². The smallest absolute Gasteiger partial charge is 0.309 e. The van der Waals surface area contributed by atoms with Gasteiger partial charge >= 0.3 is 11.9 Å². The molecule has 0 aromatic carbocycles. The second-order valence-corrected chi connectivity index (χ2v) is 11.7. The molecule has 0 radical (unpaired) electrons. The summed E-state index contributed by atoms with van der Waals surface area (Å²) in [6.07, 6.45) is 5.22. The van der Waals surface area contributed by atoms with Crippen LogP contribution in [0.4, 0.5) is 0 Å². The Morgan fingerprint density at radius 3 is 2.58 bits per heavy atom. The minimum absolute atomic E-state index is 0.000380. The Hall–Kier alpha value is -1.47. The number of hydrogen-bond donors (Lipinski definition) is 0. The van der Waals surface area contributed by atoms with E-state index in [0.29, 0.717) is 19.3 Å². The molecular formula is C24H30O7. The summed E-state index contributed by atoms with van der Waals surface area (Å²) in [6.45, 7) is 4.50. The van der Waals surface area contributed by atoms with Crippen LogP contribution in [0.3, 0.4) is 0 Å². The molecule has 0 bridgehead atoms. The quantitative estimate of drug-likeness (QED) is 0.465. The average Bonchev–Trinajstić information content (AvgIpc) is 3.59. The second kappa shape index (κ2) is 5.19. The number of hydrogen-bond acceptors (Lipinski definition) is 7. The average molecular weight is 430 g/mol. The Labute approximate surface area is 181 Å². The molecule has 7 aliphatic rings. The minimum Gasteiger partial charge on any atom is -0.469 e. The van der Waals surface area contributed by atoms with Crippen molar-refractivity contribution in [3.63, 3.8) is 0 Å². The molecule has 31 heavy (non-hydrogen) atoms. The van der Waals surface area contributed by atoms with Crippen LogP contribution in [0.25, 0.3) is 0 Å². The summed E-state index contributed by atoms with van der Waals surface area (Å²) in [5.74, 6) is -0.325. The Balaban J connectivity index is 1.37. The van der Waals surface area contributed by atoms with Crippen LogP contribution in [0, 0.1) is 28.6 Å². The van der Waals surface area contributed by atoms with Crippen molar-refractivity contribution in [1.82, 2.24) is 0 Å². The Kier molecular flexibility index (Phi) is 3.19. The van der Waals surface area contributed by atoms with Gasteiger partial charge in [0.25, 0.3) is 0 Å². The van der Waals surface area contributed by atoms with Gasteiger partial charge in [-0.15, -0.1) is 0 Å². The molecule has 10 atom stereocenters. The lowest BCUT2D eigenvalue weighted by Gasteiger charge is -2.59. The van der Waals surface area contributed by atoms with E-state index in [9.17, 15) is 14.4 Å². The Morgan fingerprint density at radius 1 is 1.06 bits per heavy atom. The third kappa shape index (κ3) is 1.77. The van der Waals surface area contributed by atoms with Crippen LogP contribution in [0.5, 0.6) is 0 Å². The number of ketones is 1. The number of carbonyl (C=O) groups excluding carboxylic acids is 3. The van der Waals surface area contributed by atoms with Gasteiger partial charge in [-0.2, -0.15) is 0 Å². The van der Waals surface area contributed by atoms with Crippen molar-refractivity contribution in [1.29, 1.82) is 0 Å². The highest BCUT2D eigenvalue weighted by molar-refractivity contribution is 5.89. The summed E-state index contributed by atoms with van der Waals surface area (Å²) in [6, 6.07) is 0. The van der Waals surface area contributed by atoms with Crippen LogP contribution < -0.4 is 0 Å². The van der Waals surface area contributed by atoms with Crippen LogP contribution >= 0.6 is 0 Å². The maximum absolute atomic E-state index is 13.2. The van der Waals surface area contributed by atoms with Gasteiger partial charge in [-0.3, -0.25) is 14.4 Å².